The summed E-state index contributed by atoms with van der Waals surface area (Å²) in [4.78, 5) is 0. The van der Waals surface area contributed by atoms with E-state index in [-0.39, 0.29) is 0 Å². The number of nitrogens with zero attached hydrogens (tertiary/aromatic N) is 2. The molecule has 0 aliphatic rings. The van der Waals surface area contributed by atoms with Crippen molar-refractivity contribution >= 4 is 11.6 Å². The standard InChI is InChI=1S/C11H11ClN2/c1-8-10(12)11(13-14(8)2)9-6-4-3-5-7-9/h3-7H,1-2H3. The van der Waals surface area contributed by atoms with Gasteiger partial charge in [0, 0.05) is 12.6 Å². The van der Waals surface area contributed by atoms with Crippen molar-refractivity contribution in [1.82, 2.24) is 9.78 Å². The Labute approximate surface area is 88.1 Å². The van der Waals surface area contributed by atoms with Crippen LogP contribution in [0.2, 0.25) is 5.02 Å². The fourth-order valence-electron chi connectivity index (χ4n) is 1.36. The van der Waals surface area contributed by atoms with E-state index in [0.717, 1.165) is 22.0 Å². The van der Waals surface area contributed by atoms with Crippen molar-refractivity contribution in [2.45, 2.75) is 6.92 Å². The lowest BCUT2D eigenvalue weighted by atomic mass is 10.1. The first-order valence-electron chi connectivity index (χ1n) is 4.44. The third-order valence-corrected chi connectivity index (χ3v) is 2.76. The maximum atomic E-state index is 6.17. The van der Waals surface area contributed by atoms with Crippen LogP contribution >= 0.6 is 11.6 Å². The first-order valence-corrected chi connectivity index (χ1v) is 4.82. The Hall–Kier alpha value is -1.28. The Morgan fingerprint density at radius 1 is 1.21 bits per heavy atom. The van der Waals surface area contributed by atoms with E-state index in [0.29, 0.717) is 0 Å². The van der Waals surface area contributed by atoms with Crippen LogP contribution in [0.1, 0.15) is 5.69 Å². The molecule has 0 aliphatic heterocycles. The summed E-state index contributed by atoms with van der Waals surface area (Å²) in [5.41, 5.74) is 2.90. The van der Waals surface area contributed by atoms with Crippen molar-refractivity contribution in [3.8, 4) is 11.3 Å². The molecular weight excluding hydrogens is 196 g/mol. The normalized spacial score (nSPS) is 10.5. The van der Waals surface area contributed by atoms with E-state index in [1.54, 1.807) is 4.68 Å². The van der Waals surface area contributed by atoms with Gasteiger partial charge in [-0.2, -0.15) is 5.10 Å². The number of aromatic nitrogens is 2. The molecule has 0 spiro atoms. The van der Waals surface area contributed by atoms with Crippen molar-refractivity contribution in [2.24, 2.45) is 7.05 Å². The maximum Gasteiger partial charge on any atom is 0.111 e. The minimum atomic E-state index is 0.735. The van der Waals surface area contributed by atoms with Crippen molar-refractivity contribution in [3.63, 3.8) is 0 Å². The zero-order chi connectivity index (χ0) is 10.1. The molecule has 1 aromatic carbocycles. The highest BCUT2D eigenvalue weighted by Crippen LogP contribution is 2.28. The molecule has 2 nitrogen and oxygen atoms in total. The molecule has 0 saturated heterocycles. The van der Waals surface area contributed by atoms with E-state index in [4.69, 9.17) is 11.6 Å². The van der Waals surface area contributed by atoms with Gasteiger partial charge in [0.25, 0.3) is 0 Å². The van der Waals surface area contributed by atoms with Crippen molar-refractivity contribution < 1.29 is 0 Å². The third-order valence-electron chi connectivity index (χ3n) is 2.31. The molecule has 0 N–H and O–H groups in total. The number of rotatable bonds is 1. The molecule has 2 rings (SSSR count). The molecular formula is C11H11ClN2. The molecule has 0 radical (unpaired) electrons. The minimum absolute atomic E-state index is 0.735. The van der Waals surface area contributed by atoms with Gasteiger partial charge in [-0.1, -0.05) is 41.9 Å². The van der Waals surface area contributed by atoms with E-state index < -0.39 is 0 Å². The van der Waals surface area contributed by atoms with Gasteiger partial charge in [-0.15, -0.1) is 0 Å². The fraction of sp³-hybridized carbons (Fsp3) is 0.182. The largest absolute Gasteiger partial charge is 0.271 e. The molecule has 0 atom stereocenters. The second-order valence-electron chi connectivity index (χ2n) is 3.24. The van der Waals surface area contributed by atoms with E-state index in [2.05, 4.69) is 5.10 Å². The molecule has 1 aromatic heterocycles. The number of aryl methyl sites for hydroxylation is 1. The Kier molecular flexibility index (Phi) is 2.30. The quantitative estimate of drug-likeness (QED) is 0.701. The van der Waals surface area contributed by atoms with Crippen LogP contribution in [0.15, 0.2) is 30.3 Å². The SMILES string of the molecule is Cc1c(Cl)c(-c2ccccc2)nn1C. The second-order valence-corrected chi connectivity index (χ2v) is 3.62. The highest BCUT2D eigenvalue weighted by molar-refractivity contribution is 6.33. The first kappa shape index (κ1) is 9.28. The molecule has 14 heavy (non-hydrogen) atoms. The second kappa shape index (κ2) is 3.46. The van der Waals surface area contributed by atoms with Crippen LogP contribution in [0, 0.1) is 6.92 Å². The molecule has 72 valence electrons. The summed E-state index contributed by atoms with van der Waals surface area (Å²) in [6.07, 6.45) is 0. The molecule has 2 aromatic rings. The minimum Gasteiger partial charge on any atom is -0.271 e. The predicted molar refractivity (Wildman–Crippen MR) is 58.4 cm³/mol. The van der Waals surface area contributed by atoms with Crippen LogP contribution in [0.25, 0.3) is 11.3 Å². The van der Waals surface area contributed by atoms with Gasteiger partial charge in [-0.25, -0.2) is 0 Å². The Balaban J connectivity index is 2.58. The van der Waals surface area contributed by atoms with E-state index in [1.165, 1.54) is 0 Å². The summed E-state index contributed by atoms with van der Waals surface area (Å²) in [5, 5.41) is 5.10. The molecule has 1 heterocycles. The molecule has 0 fully saturated rings. The topological polar surface area (TPSA) is 17.8 Å². The number of halogens is 1. The van der Waals surface area contributed by atoms with Gasteiger partial charge in [-0.3, -0.25) is 4.68 Å². The van der Waals surface area contributed by atoms with E-state index >= 15 is 0 Å². The van der Waals surface area contributed by atoms with Crippen LogP contribution in [-0.2, 0) is 7.05 Å². The van der Waals surface area contributed by atoms with Crippen molar-refractivity contribution in [3.05, 3.63) is 41.0 Å². The van der Waals surface area contributed by atoms with Gasteiger partial charge in [0.2, 0.25) is 0 Å². The lowest BCUT2D eigenvalue weighted by Crippen LogP contribution is -1.92. The highest BCUT2D eigenvalue weighted by atomic mass is 35.5. The van der Waals surface area contributed by atoms with Crippen LogP contribution in [-0.4, -0.2) is 9.78 Å². The maximum absolute atomic E-state index is 6.17. The van der Waals surface area contributed by atoms with Gasteiger partial charge in [0.15, 0.2) is 0 Å². The summed E-state index contributed by atoms with van der Waals surface area (Å²) >= 11 is 6.17. The zero-order valence-corrected chi connectivity index (χ0v) is 8.92. The Morgan fingerprint density at radius 3 is 2.36 bits per heavy atom. The third kappa shape index (κ3) is 1.42. The van der Waals surface area contributed by atoms with E-state index in [9.17, 15) is 0 Å². The summed E-state index contributed by atoms with van der Waals surface area (Å²) in [6.45, 7) is 1.96. The number of hydrogen-bond donors (Lipinski definition) is 0. The average Bonchev–Trinajstić information content (AvgIpc) is 2.47. The predicted octanol–water partition coefficient (Wildman–Crippen LogP) is 3.05. The first-order chi connectivity index (χ1) is 6.70. The highest BCUT2D eigenvalue weighted by Gasteiger charge is 2.11. The summed E-state index contributed by atoms with van der Waals surface area (Å²) in [6, 6.07) is 9.96. The zero-order valence-electron chi connectivity index (χ0n) is 8.16. The Morgan fingerprint density at radius 2 is 1.86 bits per heavy atom. The number of benzene rings is 1. The van der Waals surface area contributed by atoms with E-state index in [1.807, 2.05) is 44.3 Å². The summed E-state index contributed by atoms with van der Waals surface area (Å²) in [5.74, 6) is 0. The van der Waals surface area contributed by atoms with Gasteiger partial charge in [-0.05, 0) is 6.92 Å². The van der Waals surface area contributed by atoms with Crippen LogP contribution in [0.5, 0.6) is 0 Å². The van der Waals surface area contributed by atoms with Gasteiger partial charge in [0.05, 0.1) is 10.7 Å². The lowest BCUT2D eigenvalue weighted by Gasteiger charge is -1.95. The lowest BCUT2D eigenvalue weighted by molar-refractivity contribution is 0.743. The summed E-state index contributed by atoms with van der Waals surface area (Å²) in [7, 11) is 1.90. The van der Waals surface area contributed by atoms with Crippen molar-refractivity contribution in [2.75, 3.05) is 0 Å². The summed E-state index contributed by atoms with van der Waals surface area (Å²) < 4.78 is 1.80. The molecule has 3 heteroatoms. The van der Waals surface area contributed by atoms with Crippen LogP contribution in [0.4, 0.5) is 0 Å². The monoisotopic (exact) mass is 206 g/mol. The van der Waals surface area contributed by atoms with Crippen LogP contribution < -0.4 is 0 Å². The van der Waals surface area contributed by atoms with Gasteiger partial charge < -0.3 is 0 Å². The smallest absolute Gasteiger partial charge is 0.111 e. The Bertz CT molecular complexity index is 446. The van der Waals surface area contributed by atoms with Crippen LogP contribution in [0.3, 0.4) is 0 Å². The average molecular weight is 207 g/mol. The molecule has 0 amide bonds. The van der Waals surface area contributed by atoms with Gasteiger partial charge in [0.1, 0.15) is 5.69 Å². The van der Waals surface area contributed by atoms with Crippen molar-refractivity contribution in [1.29, 1.82) is 0 Å². The molecule has 0 saturated carbocycles. The molecule has 0 unspecified atom stereocenters. The molecule has 0 aliphatic carbocycles. The fourth-order valence-corrected chi connectivity index (χ4v) is 1.63. The molecule has 0 bridgehead atoms. The van der Waals surface area contributed by atoms with Gasteiger partial charge >= 0.3 is 0 Å². The number of hydrogen-bond acceptors (Lipinski definition) is 1.